The zero-order valence-electron chi connectivity index (χ0n) is 17.7. The van der Waals surface area contributed by atoms with Gasteiger partial charge in [-0.05, 0) is 36.3 Å². The summed E-state index contributed by atoms with van der Waals surface area (Å²) in [4.78, 5) is 35.7. The molecule has 0 saturated heterocycles. The minimum atomic E-state index is -1.20. The summed E-state index contributed by atoms with van der Waals surface area (Å²) in [7, 11) is 1.57. The third-order valence-corrected chi connectivity index (χ3v) is 4.22. The maximum absolute atomic E-state index is 12.4. The van der Waals surface area contributed by atoms with Crippen molar-refractivity contribution in [3.8, 4) is 11.5 Å². The van der Waals surface area contributed by atoms with Gasteiger partial charge < -0.3 is 25.2 Å². The van der Waals surface area contributed by atoms with Crippen molar-refractivity contribution in [3.05, 3.63) is 53.6 Å². The largest absolute Gasteiger partial charge is 0.497 e. The number of benzene rings is 2. The number of amides is 2. The zero-order valence-corrected chi connectivity index (χ0v) is 17.7. The Hall–Kier alpha value is -3.81. The fraction of sp³-hybridized carbons (Fsp3) is 0.261. The van der Waals surface area contributed by atoms with Gasteiger partial charge in [0.1, 0.15) is 17.1 Å². The van der Waals surface area contributed by atoms with Crippen LogP contribution in [0.4, 0.5) is 11.4 Å². The lowest BCUT2D eigenvalue weighted by molar-refractivity contribution is -0.114. The van der Waals surface area contributed by atoms with Gasteiger partial charge in [0.25, 0.3) is 0 Å². The maximum atomic E-state index is 12.4. The van der Waals surface area contributed by atoms with Gasteiger partial charge in [-0.3, -0.25) is 9.59 Å². The third kappa shape index (κ3) is 7.18. The molecule has 0 fully saturated rings. The molecule has 0 radical (unpaired) electrons. The quantitative estimate of drug-likeness (QED) is 0.388. The van der Waals surface area contributed by atoms with Crippen molar-refractivity contribution in [1.82, 2.24) is 0 Å². The van der Waals surface area contributed by atoms with E-state index < -0.39 is 11.9 Å². The van der Waals surface area contributed by atoms with E-state index in [1.165, 1.54) is 25.1 Å². The molecule has 8 heteroatoms. The van der Waals surface area contributed by atoms with E-state index in [1.807, 2.05) is 6.92 Å². The Labute approximate surface area is 180 Å². The fourth-order valence-corrected chi connectivity index (χ4v) is 2.65. The molecular formula is C23H26N2O6. The number of nitrogens with one attached hydrogen (secondary N) is 2. The van der Waals surface area contributed by atoms with E-state index in [2.05, 4.69) is 10.6 Å². The van der Waals surface area contributed by atoms with Gasteiger partial charge in [0, 0.05) is 19.1 Å². The van der Waals surface area contributed by atoms with Crippen LogP contribution in [0.25, 0.3) is 6.08 Å². The molecule has 3 N–H and O–H groups in total. The monoisotopic (exact) mass is 426 g/mol. The Bertz CT molecular complexity index is 967. The standard InChI is InChI=1S/C23H26N2O6/c1-4-5-12-31-21-14-20(24-15(2)26)19(13-18(21)23(28)29)25-22(27)11-8-16-6-9-17(30-3)10-7-16/h6-11,13-14H,4-5,12H2,1-3H3,(H,24,26)(H,25,27)(H,28,29). The highest BCUT2D eigenvalue weighted by molar-refractivity contribution is 6.07. The molecule has 0 aliphatic rings. The van der Waals surface area contributed by atoms with E-state index in [0.717, 1.165) is 18.4 Å². The first kappa shape index (κ1) is 23.5. The molecule has 2 aromatic rings. The Balaban J connectivity index is 2.27. The molecule has 0 spiro atoms. The van der Waals surface area contributed by atoms with Crippen LogP contribution < -0.4 is 20.1 Å². The number of ether oxygens (including phenoxy) is 2. The molecule has 0 aliphatic carbocycles. The highest BCUT2D eigenvalue weighted by atomic mass is 16.5. The van der Waals surface area contributed by atoms with Gasteiger partial charge in [0.15, 0.2) is 0 Å². The van der Waals surface area contributed by atoms with E-state index in [9.17, 15) is 19.5 Å². The Kier molecular flexibility index (Phi) is 8.63. The molecule has 2 rings (SSSR count). The number of carboxylic acids is 1. The summed E-state index contributed by atoms with van der Waals surface area (Å²) < 4.78 is 10.7. The molecule has 31 heavy (non-hydrogen) atoms. The first-order chi connectivity index (χ1) is 14.8. The first-order valence-electron chi connectivity index (χ1n) is 9.79. The van der Waals surface area contributed by atoms with E-state index in [-0.39, 0.29) is 28.6 Å². The van der Waals surface area contributed by atoms with Crippen molar-refractivity contribution in [1.29, 1.82) is 0 Å². The lowest BCUT2D eigenvalue weighted by Crippen LogP contribution is -2.15. The lowest BCUT2D eigenvalue weighted by atomic mass is 10.1. The highest BCUT2D eigenvalue weighted by Crippen LogP contribution is 2.32. The second kappa shape index (κ2) is 11.4. The van der Waals surface area contributed by atoms with Crippen molar-refractivity contribution < 1.29 is 29.0 Å². The lowest BCUT2D eigenvalue weighted by Gasteiger charge is -2.16. The minimum absolute atomic E-state index is 0.111. The van der Waals surface area contributed by atoms with Crippen LogP contribution in [-0.2, 0) is 9.59 Å². The molecule has 164 valence electrons. The molecule has 0 aliphatic heterocycles. The summed E-state index contributed by atoms with van der Waals surface area (Å²) in [5, 5.41) is 14.8. The van der Waals surface area contributed by atoms with Gasteiger partial charge in [-0.2, -0.15) is 0 Å². The van der Waals surface area contributed by atoms with Gasteiger partial charge in [0.05, 0.1) is 25.1 Å². The van der Waals surface area contributed by atoms with Crippen LogP contribution in [0.15, 0.2) is 42.5 Å². The number of methoxy groups -OCH3 is 1. The number of carboxylic acid groups (broad SMARTS) is 1. The zero-order chi connectivity index (χ0) is 22.8. The average Bonchev–Trinajstić information content (AvgIpc) is 2.73. The first-order valence-corrected chi connectivity index (χ1v) is 9.79. The summed E-state index contributed by atoms with van der Waals surface area (Å²) in [6.45, 7) is 3.65. The van der Waals surface area contributed by atoms with Crippen molar-refractivity contribution >= 4 is 35.2 Å². The van der Waals surface area contributed by atoms with Crippen LogP contribution in [0.3, 0.4) is 0 Å². The second-order valence-corrected chi connectivity index (χ2v) is 6.68. The van der Waals surface area contributed by atoms with Crippen LogP contribution in [-0.4, -0.2) is 36.6 Å². The number of rotatable bonds is 10. The van der Waals surface area contributed by atoms with Crippen LogP contribution in [0.2, 0.25) is 0 Å². The summed E-state index contributed by atoms with van der Waals surface area (Å²) in [5.41, 5.74) is 1.07. The van der Waals surface area contributed by atoms with Crippen molar-refractivity contribution in [2.24, 2.45) is 0 Å². The van der Waals surface area contributed by atoms with Gasteiger partial charge in [-0.15, -0.1) is 0 Å². The average molecular weight is 426 g/mol. The number of carbonyl (C=O) groups is 3. The smallest absolute Gasteiger partial charge is 0.339 e. The number of unbranched alkanes of at least 4 members (excludes halogenated alkanes) is 1. The summed E-state index contributed by atoms with van der Waals surface area (Å²) in [5.74, 6) is -1.24. The molecule has 0 bridgehead atoms. The van der Waals surface area contributed by atoms with Crippen molar-refractivity contribution in [2.75, 3.05) is 24.4 Å². The van der Waals surface area contributed by atoms with Gasteiger partial charge in [-0.25, -0.2) is 4.79 Å². The van der Waals surface area contributed by atoms with Crippen LogP contribution in [0.5, 0.6) is 11.5 Å². The molecule has 0 heterocycles. The van der Waals surface area contributed by atoms with Gasteiger partial charge in [-0.1, -0.05) is 25.5 Å². The number of hydrogen-bond donors (Lipinski definition) is 3. The SMILES string of the molecule is CCCCOc1cc(NC(C)=O)c(NC(=O)C=Cc2ccc(OC)cc2)cc1C(=O)O. The molecule has 8 nitrogen and oxygen atoms in total. The van der Waals surface area contributed by atoms with Crippen molar-refractivity contribution in [3.63, 3.8) is 0 Å². The minimum Gasteiger partial charge on any atom is -0.497 e. The van der Waals surface area contributed by atoms with E-state index >= 15 is 0 Å². The van der Waals surface area contributed by atoms with E-state index in [0.29, 0.717) is 12.4 Å². The number of aromatic carboxylic acids is 1. The predicted octanol–water partition coefficient (Wildman–Crippen LogP) is 4.18. The molecule has 0 atom stereocenters. The van der Waals surface area contributed by atoms with Crippen molar-refractivity contribution in [2.45, 2.75) is 26.7 Å². The summed E-state index contributed by atoms with van der Waals surface area (Å²) in [6.07, 6.45) is 4.55. The number of carbonyl (C=O) groups excluding carboxylic acids is 2. The molecule has 0 unspecified atom stereocenters. The number of hydrogen-bond acceptors (Lipinski definition) is 5. The molecular weight excluding hydrogens is 400 g/mol. The van der Waals surface area contributed by atoms with Crippen LogP contribution in [0.1, 0.15) is 42.6 Å². The Morgan fingerprint density at radius 3 is 2.32 bits per heavy atom. The third-order valence-electron chi connectivity index (χ3n) is 4.22. The molecule has 2 aromatic carbocycles. The highest BCUT2D eigenvalue weighted by Gasteiger charge is 2.18. The summed E-state index contributed by atoms with van der Waals surface area (Å²) in [6, 6.07) is 9.79. The topological polar surface area (TPSA) is 114 Å². The predicted molar refractivity (Wildman–Crippen MR) is 119 cm³/mol. The molecule has 0 aromatic heterocycles. The Morgan fingerprint density at radius 1 is 1.06 bits per heavy atom. The Morgan fingerprint density at radius 2 is 1.74 bits per heavy atom. The van der Waals surface area contributed by atoms with E-state index in [1.54, 1.807) is 37.5 Å². The van der Waals surface area contributed by atoms with Crippen LogP contribution in [0, 0.1) is 0 Å². The second-order valence-electron chi connectivity index (χ2n) is 6.68. The van der Waals surface area contributed by atoms with Gasteiger partial charge in [0.2, 0.25) is 11.8 Å². The number of anilines is 2. The van der Waals surface area contributed by atoms with E-state index in [4.69, 9.17) is 9.47 Å². The summed E-state index contributed by atoms with van der Waals surface area (Å²) >= 11 is 0. The van der Waals surface area contributed by atoms with Gasteiger partial charge >= 0.3 is 5.97 Å². The normalized spacial score (nSPS) is 10.5. The molecule has 0 saturated carbocycles. The van der Waals surface area contributed by atoms with Crippen LogP contribution >= 0.6 is 0 Å². The maximum Gasteiger partial charge on any atom is 0.339 e. The fourth-order valence-electron chi connectivity index (χ4n) is 2.65. The molecule has 2 amide bonds.